The summed E-state index contributed by atoms with van der Waals surface area (Å²) < 4.78 is 6.24. The molecule has 0 bridgehead atoms. The zero-order valence-corrected chi connectivity index (χ0v) is 14.8. The first-order valence-electron chi connectivity index (χ1n) is 9.38. The van der Waals surface area contributed by atoms with Crippen LogP contribution < -0.4 is 0 Å². The third-order valence-electron chi connectivity index (χ3n) is 5.56. The highest BCUT2D eigenvalue weighted by Gasteiger charge is 2.25. The van der Waals surface area contributed by atoms with Gasteiger partial charge in [-0.05, 0) is 62.2 Å². The Bertz CT molecular complexity index is 273. The van der Waals surface area contributed by atoms with Crippen LogP contribution in [0.5, 0.6) is 0 Å². The van der Waals surface area contributed by atoms with Gasteiger partial charge in [0, 0.05) is 26.2 Å². The summed E-state index contributed by atoms with van der Waals surface area (Å²) in [6, 6.07) is 0. The fraction of sp³-hybridized carbons (Fsp3) is 1.00. The molecule has 1 heterocycles. The highest BCUT2D eigenvalue weighted by Crippen LogP contribution is 2.33. The number of rotatable bonds is 6. The Morgan fingerprint density at radius 1 is 0.905 bits per heavy atom. The molecule has 21 heavy (non-hydrogen) atoms. The molecule has 0 amide bonds. The molecule has 0 spiro atoms. The Kier molecular flexibility index (Phi) is 7.01. The number of ether oxygens (including phenoxy) is 1. The van der Waals surface area contributed by atoms with Gasteiger partial charge < -0.3 is 9.64 Å². The van der Waals surface area contributed by atoms with E-state index in [9.17, 15) is 0 Å². The third kappa shape index (κ3) is 5.90. The molecule has 1 saturated heterocycles. The summed E-state index contributed by atoms with van der Waals surface area (Å²) in [7, 11) is 0. The maximum Gasteiger partial charge on any atom is 0.0599 e. The van der Waals surface area contributed by atoms with E-state index in [0.29, 0.717) is 6.10 Å². The van der Waals surface area contributed by atoms with E-state index >= 15 is 0 Å². The Hall–Kier alpha value is -0.0800. The Balaban J connectivity index is 1.58. The molecule has 0 atom stereocenters. The maximum absolute atomic E-state index is 6.24. The van der Waals surface area contributed by atoms with Crippen LogP contribution in [-0.2, 0) is 4.74 Å². The number of likely N-dealkylation sites (tertiary alicyclic amines) is 1. The van der Waals surface area contributed by atoms with Crippen LogP contribution in [0.25, 0.3) is 0 Å². The minimum Gasteiger partial charge on any atom is -0.378 e. The van der Waals surface area contributed by atoms with Crippen molar-refractivity contribution in [2.24, 2.45) is 23.7 Å². The van der Waals surface area contributed by atoms with Crippen LogP contribution in [0.1, 0.15) is 66.2 Å². The molecule has 0 unspecified atom stereocenters. The summed E-state index contributed by atoms with van der Waals surface area (Å²) in [5.74, 6) is 3.48. The van der Waals surface area contributed by atoms with E-state index < -0.39 is 0 Å². The minimum absolute atomic E-state index is 0.538. The quantitative estimate of drug-likeness (QED) is 0.711. The first-order chi connectivity index (χ1) is 10.0. The summed E-state index contributed by atoms with van der Waals surface area (Å²) in [5, 5.41) is 0. The second-order valence-electron chi connectivity index (χ2n) is 8.25. The average molecular weight is 296 g/mol. The highest BCUT2D eigenvalue weighted by atomic mass is 16.5. The van der Waals surface area contributed by atoms with Gasteiger partial charge in [-0.1, -0.05) is 27.7 Å². The van der Waals surface area contributed by atoms with Gasteiger partial charge in [-0.2, -0.15) is 0 Å². The molecule has 1 aliphatic heterocycles. The number of piperidine rings is 1. The molecule has 2 aliphatic rings. The normalized spacial score (nSPS) is 29.4. The number of hydrogen-bond donors (Lipinski definition) is 0. The Morgan fingerprint density at radius 2 is 1.52 bits per heavy atom. The van der Waals surface area contributed by atoms with Crippen molar-refractivity contribution >= 4 is 0 Å². The van der Waals surface area contributed by atoms with Crippen LogP contribution in [0.4, 0.5) is 0 Å². The van der Waals surface area contributed by atoms with E-state index in [0.717, 1.165) is 30.3 Å². The fourth-order valence-corrected chi connectivity index (χ4v) is 4.07. The largest absolute Gasteiger partial charge is 0.378 e. The minimum atomic E-state index is 0.538. The van der Waals surface area contributed by atoms with E-state index in [-0.39, 0.29) is 0 Å². The molecule has 0 aromatic heterocycles. The van der Waals surface area contributed by atoms with E-state index in [1.807, 2.05) is 0 Å². The SMILES string of the molecule is CC(C)CN1CCC(OCC2CCC(C(C)C)CC2)CC1. The molecule has 1 aliphatic carbocycles. The van der Waals surface area contributed by atoms with E-state index in [1.165, 1.54) is 58.2 Å². The Labute approximate surface area is 132 Å². The second-order valence-corrected chi connectivity index (χ2v) is 8.25. The van der Waals surface area contributed by atoms with Gasteiger partial charge in [0.2, 0.25) is 0 Å². The van der Waals surface area contributed by atoms with Crippen LogP contribution in [0.15, 0.2) is 0 Å². The van der Waals surface area contributed by atoms with Crippen molar-refractivity contribution in [1.29, 1.82) is 0 Å². The van der Waals surface area contributed by atoms with Gasteiger partial charge in [-0.3, -0.25) is 0 Å². The second kappa shape index (κ2) is 8.53. The number of nitrogens with zero attached hydrogens (tertiary/aromatic N) is 1. The van der Waals surface area contributed by atoms with E-state index in [1.54, 1.807) is 0 Å². The monoisotopic (exact) mass is 295 g/mol. The van der Waals surface area contributed by atoms with Crippen molar-refractivity contribution < 1.29 is 4.74 Å². The summed E-state index contributed by atoms with van der Waals surface area (Å²) in [6.07, 6.45) is 8.68. The van der Waals surface area contributed by atoms with Crippen molar-refractivity contribution in [3.8, 4) is 0 Å². The van der Waals surface area contributed by atoms with Crippen molar-refractivity contribution in [1.82, 2.24) is 4.90 Å². The van der Waals surface area contributed by atoms with Crippen molar-refractivity contribution in [2.75, 3.05) is 26.2 Å². The van der Waals surface area contributed by atoms with Crippen molar-refractivity contribution in [3.63, 3.8) is 0 Å². The molecule has 2 heteroatoms. The molecule has 2 rings (SSSR count). The highest BCUT2D eigenvalue weighted by molar-refractivity contribution is 4.77. The molecule has 0 aromatic carbocycles. The summed E-state index contributed by atoms with van der Waals surface area (Å²) in [6.45, 7) is 14.2. The first kappa shape index (κ1) is 17.3. The molecule has 0 radical (unpaired) electrons. The zero-order valence-electron chi connectivity index (χ0n) is 14.8. The molecule has 0 N–H and O–H groups in total. The zero-order chi connectivity index (χ0) is 15.2. The average Bonchev–Trinajstić information content (AvgIpc) is 2.46. The smallest absolute Gasteiger partial charge is 0.0599 e. The van der Waals surface area contributed by atoms with Gasteiger partial charge in [0.15, 0.2) is 0 Å². The summed E-state index contributed by atoms with van der Waals surface area (Å²) in [5.41, 5.74) is 0. The summed E-state index contributed by atoms with van der Waals surface area (Å²) >= 11 is 0. The molecule has 124 valence electrons. The van der Waals surface area contributed by atoms with E-state index in [2.05, 4.69) is 32.6 Å². The molecule has 0 aromatic rings. The van der Waals surface area contributed by atoms with Gasteiger partial charge in [0.05, 0.1) is 6.10 Å². The molecular weight excluding hydrogens is 258 g/mol. The Morgan fingerprint density at radius 3 is 2.05 bits per heavy atom. The lowest BCUT2D eigenvalue weighted by molar-refractivity contribution is -0.0192. The summed E-state index contributed by atoms with van der Waals surface area (Å²) in [4.78, 5) is 2.61. The van der Waals surface area contributed by atoms with Crippen LogP contribution in [0, 0.1) is 23.7 Å². The lowest BCUT2D eigenvalue weighted by Gasteiger charge is -2.35. The lowest BCUT2D eigenvalue weighted by Crippen LogP contribution is -2.39. The topological polar surface area (TPSA) is 12.5 Å². The van der Waals surface area contributed by atoms with Crippen molar-refractivity contribution in [2.45, 2.75) is 72.3 Å². The third-order valence-corrected chi connectivity index (χ3v) is 5.56. The predicted octanol–water partition coefficient (Wildman–Crippen LogP) is 4.59. The molecule has 1 saturated carbocycles. The standard InChI is InChI=1S/C19H37NO/c1-15(2)13-20-11-9-19(10-12-20)21-14-17-5-7-18(8-6-17)16(3)4/h15-19H,5-14H2,1-4H3. The van der Waals surface area contributed by atoms with Gasteiger partial charge in [-0.15, -0.1) is 0 Å². The van der Waals surface area contributed by atoms with Crippen LogP contribution in [0.2, 0.25) is 0 Å². The van der Waals surface area contributed by atoms with Gasteiger partial charge in [0.25, 0.3) is 0 Å². The molecule has 2 nitrogen and oxygen atoms in total. The van der Waals surface area contributed by atoms with Crippen LogP contribution >= 0.6 is 0 Å². The lowest BCUT2D eigenvalue weighted by atomic mass is 9.77. The van der Waals surface area contributed by atoms with Crippen LogP contribution in [-0.4, -0.2) is 37.2 Å². The number of hydrogen-bond acceptors (Lipinski definition) is 2. The van der Waals surface area contributed by atoms with Crippen molar-refractivity contribution in [3.05, 3.63) is 0 Å². The van der Waals surface area contributed by atoms with Gasteiger partial charge in [0.1, 0.15) is 0 Å². The van der Waals surface area contributed by atoms with Crippen LogP contribution in [0.3, 0.4) is 0 Å². The molecule has 2 fully saturated rings. The molecular formula is C19H37NO. The van der Waals surface area contributed by atoms with E-state index in [4.69, 9.17) is 4.74 Å². The maximum atomic E-state index is 6.24. The fourth-order valence-electron chi connectivity index (χ4n) is 4.07. The predicted molar refractivity (Wildman–Crippen MR) is 90.5 cm³/mol. The van der Waals surface area contributed by atoms with Gasteiger partial charge in [-0.25, -0.2) is 0 Å². The first-order valence-corrected chi connectivity index (χ1v) is 9.38. The van der Waals surface area contributed by atoms with Gasteiger partial charge >= 0.3 is 0 Å².